The first kappa shape index (κ1) is 13.5. The lowest BCUT2D eigenvalue weighted by Crippen LogP contribution is -2.12. The van der Waals surface area contributed by atoms with E-state index in [1.165, 1.54) is 16.2 Å². The lowest BCUT2D eigenvalue weighted by atomic mass is 9.98. The molecule has 0 N–H and O–H groups in total. The van der Waals surface area contributed by atoms with Crippen LogP contribution in [0.25, 0.3) is 0 Å². The normalized spacial score (nSPS) is 17.7. The number of hydrazone groups is 1. The quantitative estimate of drug-likeness (QED) is 0.793. The molecule has 1 unspecified atom stereocenters. The van der Waals surface area contributed by atoms with Crippen molar-refractivity contribution in [2.24, 2.45) is 10.4 Å². The van der Waals surface area contributed by atoms with E-state index in [1.807, 2.05) is 43.3 Å². The summed E-state index contributed by atoms with van der Waals surface area (Å²) in [4.78, 5) is 11.1. The molecule has 0 fully saturated rings. The summed E-state index contributed by atoms with van der Waals surface area (Å²) in [6.07, 6.45) is 0.692. The summed E-state index contributed by atoms with van der Waals surface area (Å²) in [5.74, 6) is 0. The van der Waals surface area contributed by atoms with Gasteiger partial charge in [-0.2, -0.15) is 5.10 Å². The van der Waals surface area contributed by atoms with Crippen molar-refractivity contribution >= 4 is 5.71 Å². The maximum atomic E-state index is 11.1. The van der Waals surface area contributed by atoms with Gasteiger partial charge in [0, 0.05) is 6.42 Å². The van der Waals surface area contributed by atoms with Crippen LogP contribution in [0.3, 0.4) is 0 Å². The Morgan fingerprint density at radius 1 is 1.00 bits per heavy atom. The smallest absolute Gasteiger partial charge is 0.105 e. The van der Waals surface area contributed by atoms with Crippen molar-refractivity contribution in [2.45, 2.75) is 26.3 Å². The number of hydrogen-bond acceptors (Lipinski definition) is 3. The largest absolute Gasteiger partial charge is 0.156 e. The molecule has 0 bridgehead atoms. The molecule has 106 valence electrons. The molecular formula is C17H17N3O. The molecule has 1 atom stereocenters. The second kappa shape index (κ2) is 5.48. The summed E-state index contributed by atoms with van der Waals surface area (Å²) in [6.45, 7) is 4.09. The molecule has 0 saturated heterocycles. The van der Waals surface area contributed by atoms with Gasteiger partial charge in [0.05, 0.1) is 11.0 Å². The van der Waals surface area contributed by atoms with Gasteiger partial charge in [-0.05, 0) is 25.0 Å². The molecule has 0 radical (unpaired) electrons. The zero-order valence-corrected chi connectivity index (χ0v) is 12.2. The van der Waals surface area contributed by atoms with E-state index in [0.29, 0.717) is 6.42 Å². The summed E-state index contributed by atoms with van der Waals surface area (Å²) in [5, 5.41) is 8.69. The zero-order valence-electron chi connectivity index (χ0n) is 12.2. The van der Waals surface area contributed by atoms with Crippen LogP contribution in [0.1, 0.15) is 34.7 Å². The molecule has 21 heavy (non-hydrogen) atoms. The van der Waals surface area contributed by atoms with Crippen molar-refractivity contribution in [1.29, 1.82) is 0 Å². The molecule has 4 nitrogen and oxygen atoms in total. The van der Waals surface area contributed by atoms with Crippen LogP contribution in [-0.4, -0.2) is 10.8 Å². The fourth-order valence-electron chi connectivity index (χ4n) is 2.54. The number of aryl methyl sites for hydroxylation is 2. The Balaban J connectivity index is 1.88. The average Bonchev–Trinajstić information content (AvgIpc) is 2.93. The number of nitroso groups, excluding NO2 is 1. The Morgan fingerprint density at radius 3 is 2.14 bits per heavy atom. The van der Waals surface area contributed by atoms with Gasteiger partial charge in [0.1, 0.15) is 6.04 Å². The average molecular weight is 279 g/mol. The van der Waals surface area contributed by atoms with Gasteiger partial charge in [-0.3, -0.25) is 0 Å². The molecule has 0 amide bonds. The minimum atomic E-state index is -0.112. The van der Waals surface area contributed by atoms with Crippen LogP contribution in [0.2, 0.25) is 0 Å². The zero-order chi connectivity index (χ0) is 14.8. The Bertz CT molecular complexity index is 674. The van der Waals surface area contributed by atoms with E-state index in [9.17, 15) is 4.91 Å². The molecule has 2 aromatic carbocycles. The molecule has 0 spiro atoms. The van der Waals surface area contributed by atoms with Crippen LogP contribution < -0.4 is 0 Å². The van der Waals surface area contributed by atoms with Crippen LogP contribution in [0.5, 0.6) is 0 Å². The Morgan fingerprint density at radius 2 is 1.57 bits per heavy atom. The van der Waals surface area contributed by atoms with Gasteiger partial charge in [0.15, 0.2) is 0 Å². The van der Waals surface area contributed by atoms with Gasteiger partial charge in [-0.25, -0.2) is 0 Å². The van der Waals surface area contributed by atoms with Crippen molar-refractivity contribution in [1.82, 2.24) is 5.12 Å². The summed E-state index contributed by atoms with van der Waals surface area (Å²) < 4.78 is 0. The second-order valence-corrected chi connectivity index (χ2v) is 5.45. The first-order valence-electron chi connectivity index (χ1n) is 7.01. The van der Waals surface area contributed by atoms with Gasteiger partial charge in [-0.1, -0.05) is 59.7 Å². The molecule has 0 aliphatic carbocycles. The standard InChI is InChI=1S/C17H17N3O/c1-12-3-7-14(8-4-12)16-11-17(20(18-16)19-21)15-9-5-13(2)6-10-15/h3-10,17H,11H2,1-2H3. The van der Waals surface area contributed by atoms with Crippen molar-refractivity contribution in [3.05, 3.63) is 75.7 Å². The summed E-state index contributed by atoms with van der Waals surface area (Å²) in [5.41, 5.74) is 5.41. The minimum absolute atomic E-state index is 0.112. The van der Waals surface area contributed by atoms with E-state index in [0.717, 1.165) is 16.8 Å². The van der Waals surface area contributed by atoms with Crippen molar-refractivity contribution in [2.75, 3.05) is 0 Å². The molecule has 1 heterocycles. The summed E-state index contributed by atoms with van der Waals surface area (Å²) >= 11 is 0. The molecule has 4 heteroatoms. The predicted octanol–water partition coefficient (Wildman–Crippen LogP) is 4.14. The molecule has 1 aliphatic rings. The van der Waals surface area contributed by atoms with Gasteiger partial charge in [0.25, 0.3) is 0 Å². The van der Waals surface area contributed by atoms with Crippen LogP contribution in [0.15, 0.2) is 58.9 Å². The monoisotopic (exact) mass is 279 g/mol. The van der Waals surface area contributed by atoms with Crippen molar-refractivity contribution < 1.29 is 0 Å². The van der Waals surface area contributed by atoms with Crippen LogP contribution in [0.4, 0.5) is 0 Å². The SMILES string of the molecule is Cc1ccc(C2=NN(N=O)C(c3ccc(C)cc3)C2)cc1. The number of hydrogen-bond donors (Lipinski definition) is 0. The van der Waals surface area contributed by atoms with Crippen molar-refractivity contribution in [3.63, 3.8) is 0 Å². The van der Waals surface area contributed by atoms with Crippen LogP contribution >= 0.6 is 0 Å². The number of nitrogens with zero attached hydrogens (tertiary/aromatic N) is 3. The van der Waals surface area contributed by atoms with E-state index in [-0.39, 0.29) is 6.04 Å². The van der Waals surface area contributed by atoms with E-state index in [2.05, 4.69) is 29.4 Å². The molecular weight excluding hydrogens is 262 g/mol. The first-order chi connectivity index (χ1) is 10.2. The number of rotatable bonds is 3. The highest BCUT2D eigenvalue weighted by atomic mass is 16.3. The third-order valence-electron chi connectivity index (χ3n) is 3.82. The summed E-state index contributed by atoms with van der Waals surface area (Å²) in [7, 11) is 0. The fraction of sp³-hybridized carbons (Fsp3) is 0.235. The number of benzene rings is 2. The van der Waals surface area contributed by atoms with Crippen LogP contribution in [0, 0.1) is 18.8 Å². The third kappa shape index (κ3) is 2.70. The van der Waals surface area contributed by atoms with E-state index < -0.39 is 0 Å². The van der Waals surface area contributed by atoms with Gasteiger partial charge in [-0.15, -0.1) is 10.0 Å². The van der Waals surface area contributed by atoms with Gasteiger partial charge < -0.3 is 0 Å². The minimum Gasteiger partial charge on any atom is -0.156 e. The maximum absolute atomic E-state index is 11.1. The predicted molar refractivity (Wildman–Crippen MR) is 83.9 cm³/mol. The molecule has 3 rings (SSSR count). The topological polar surface area (TPSA) is 45.0 Å². The fourth-order valence-corrected chi connectivity index (χ4v) is 2.54. The van der Waals surface area contributed by atoms with E-state index in [1.54, 1.807) is 0 Å². The van der Waals surface area contributed by atoms with Gasteiger partial charge in [0.2, 0.25) is 0 Å². The lowest BCUT2D eigenvalue weighted by molar-refractivity contribution is 0.241. The van der Waals surface area contributed by atoms with E-state index >= 15 is 0 Å². The van der Waals surface area contributed by atoms with Crippen molar-refractivity contribution in [3.8, 4) is 0 Å². The first-order valence-corrected chi connectivity index (χ1v) is 7.01. The van der Waals surface area contributed by atoms with Gasteiger partial charge >= 0.3 is 0 Å². The molecule has 0 saturated carbocycles. The van der Waals surface area contributed by atoms with E-state index in [4.69, 9.17) is 0 Å². The summed E-state index contributed by atoms with van der Waals surface area (Å²) in [6, 6.07) is 16.2. The third-order valence-corrected chi connectivity index (χ3v) is 3.82. The molecule has 1 aliphatic heterocycles. The molecule has 2 aromatic rings. The maximum Gasteiger partial charge on any atom is 0.105 e. The highest BCUT2D eigenvalue weighted by Gasteiger charge is 2.29. The Hall–Kier alpha value is -2.49. The van der Waals surface area contributed by atoms with Crippen LogP contribution in [-0.2, 0) is 0 Å². The highest BCUT2D eigenvalue weighted by molar-refractivity contribution is 6.01. The highest BCUT2D eigenvalue weighted by Crippen LogP contribution is 2.32. The second-order valence-electron chi connectivity index (χ2n) is 5.45. The Labute approximate surface area is 124 Å². The lowest BCUT2D eigenvalue weighted by Gasteiger charge is -2.15. The Kier molecular flexibility index (Phi) is 3.52. The molecule has 0 aromatic heterocycles.